The molecule has 0 bridgehead atoms. The summed E-state index contributed by atoms with van der Waals surface area (Å²) in [4.78, 5) is 6.40. The topological polar surface area (TPSA) is 31.4 Å². The molecule has 1 heterocycles. The van der Waals surface area contributed by atoms with Crippen molar-refractivity contribution >= 4 is 23.1 Å². The van der Waals surface area contributed by atoms with Gasteiger partial charge in [0.25, 0.3) is 0 Å². The third-order valence-electron chi connectivity index (χ3n) is 2.52. The molecule has 0 amide bonds. The van der Waals surface area contributed by atoms with Crippen molar-refractivity contribution in [2.24, 2.45) is 0 Å². The van der Waals surface area contributed by atoms with E-state index in [9.17, 15) is 0 Å². The number of aromatic nitrogens is 1. The summed E-state index contributed by atoms with van der Waals surface area (Å²) in [7, 11) is 0. The zero-order chi connectivity index (χ0) is 12.7. The van der Waals surface area contributed by atoms with Crippen LogP contribution in [0.15, 0.2) is 24.4 Å². The zero-order valence-electron chi connectivity index (χ0n) is 10.7. The second-order valence-electron chi connectivity index (χ2n) is 3.52. The van der Waals surface area contributed by atoms with Crippen LogP contribution in [0.2, 0.25) is 0 Å². The number of rotatable bonds is 5. The van der Waals surface area contributed by atoms with E-state index >= 15 is 0 Å². The first kappa shape index (κ1) is 13.7. The molecule has 94 valence electrons. The Morgan fingerprint density at radius 2 is 1.94 bits per heavy atom. The van der Waals surface area contributed by atoms with Crippen LogP contribution < -0.4 is 10.4 Å². The summed E-state index contributed by atoms with van der Waals surface area (Å²) in [5.74, 6) is 0.879. The summed E-state index contributed by atoms with van der Waals surface area (Å²) in [5, 5.41) is 2.68. The highest BCUT2D eigenvalue weighted by Crippen LogP contribution is 2.06. The maximum Gasteiger partial charge on any atom is 0.188 e. The van der Waals surface area contributed by atoms with Gasteiger partial charge in [0.05, 0.1) is 0 Å². The lowest BCUT2D eigenvalue weighted by molar-refractivity contribution is 0.453. The molecule has 17 heavy (non-hydrogen) atoms. The maximum atomic E-state index is 5.36. The minimum Gasteiger partial charge on any atom is -0.348 e. The van der Waals surface area contributed by atoms with Gasteiger partial charge in [0.2, 0.25) is 0 Å². The van der Waals surface area contributed by atoms with Crippen molar-refractivity contribution in [2.75, 3.05) is 24.6 Å². The standard InChI is InChI=1S/C12H20N4S/c1-4-15(5-2)12(17)14-16(6-3)11-9-7-8-10-13-11/h7-10H,4-6H2,1-3H3,(H,14,17). The first-order valence-corrected chi connectivity index (χ1v) is 6.37. The molecule has 5 heteroatoms. The first-order chi connectivity index (χ1) is 8.22. The number of hydrazine groups is 1. The lowest BCUT2D eigenvalue weighted by Crippen LogP contribution is -2.49. The lowest BCUT2D eigenvalue weighted by Gasteiger charge is -2.29. The predicted molar refractivity (Wildman–Crippen MR) is 75.9 cm³/mol. The minimum absolute atomic E-state index is 0.738. The van der Waals surface area contributed by atoms with Crippen LogP contribution in [0.25, 0.3) is 0 Å². The third-order valence-corrected chi connectivity index (χ3v) is 2.87. The van der Waals surface area contributed by atoms with Gasteiger partial charge in [0.1, 0.15) is 5.82 Å². The molecule has 0 aliphatic rings. The quantitative estimate of drug-likeness (QED) is 0.640. The number of nitrogens with zero attached hydrogens (tertiary/aromatic N) is 3. The summed E-state index contributed by atoms with van der Waals surface area (Å²) >= 11 is 5.36. The molecule has 0 aromatic carbocycles. The van der Waals surface area contributed by atoms with Crippen LogP contribution in [-0.4, -0.2) is 34.6 Å². The first-order valence-electron chi connectivity index (χ1n) is 5.97. The zero-order valence-corrected chi connectivity index (χ0v) is 11.5. The van der Waals surface area contributed by atoms with E-state index in [0.717, 1.165) is 30.6 Å². The van der Waals surface area contributed by atoms with Crippen LogP contribution >= 0.6 is 12.2 Å². The Morgan fingerprint density at radius 3 is 2.41 bits per heavy atom. The van der Waals surface area contributed by atoms with Gasteiger partial charge in [-0.3, -0.25) is 10.4 Å². The lowest BCUT2D eigenvalue weighted by atomic mass is 10.4. The summed E-state index contributed by atoms with van der Waals surface area (Å²) in [5.41, 5.74) is 3.21. The van der Waals surface area contributed by atoms with E-state index in [1.54, 1.807) is 6.20 Å². The Balaban J connectivity index is 2.68. The molecule has 0 unspecified atom stereocenters. The molecule has 0 aliphatic heterocycles. The number of thiocarbonyl (C=S) groups is 1. The van der Waals surface area contributed by atoms with Crippen molar-refractivity contribution < 1.29 is 0 Å². The van der Waals surface area contributed by atoms with Crippen LogP contribution in [-0.2, 0) is 0 Å². The molecule has 0 radical (unpaired) electrons. The largest absolute Gasteiger partial charge is 0.348 e. The highest BCUT2D eigenvalue weighted by atomic mass is 32.1. The highest BCUT2D eigenvalue weighted by Gasteiger charge is 2.10. The second-order valence-corrected chi connectivity index (χ2v) is 3.91. The van der Waals surface area contributed by atoms with Gasteiger partial charge >= 0.3 is 0 Å². The molecule has 4 nitrogen and oxygen atoms in total. The number of hydrogen-bond acceptors (Lipinski definition) is 3. The van der Waals surface area contributed by atoms with Gasteiger partial charge in [-0.2, -0.15) is 0 Å². The van der Waals surface area contributed by atoms with Crippen LogP contribution in [0.1, 0.15) is 20.8 Å². The summed E-state index contributed by atoms with van der Waals surface area (Å²) in [6.07, 6.45) is 1.78. The van der Waals surface area contributed by atoms with Crippen molar-refractivity contribution in [3.8, 4) is 0 Å². The molecule has 0 spiro atoms. The second kappa shape index (κ2) is 7.06. The molecular formula is C12H20N4S. The van der Waals surface area contributed by atoms with Crippen LogP contribution in [0, 0.1) is 0 Å². The van der Waals surface area contributed by atoms with Gasteiger partial charge in [0, 0.05) is 25.8 Å². The number of pyridine rings is 1. The van der Waals surface area contributed by atoms with Gasteiger partial charge in [-0.1, -0.05) is 6.07 Å². The van der Waals surface area contributed by atoms with Crippen LogP contribution in [0.5, 0.6) is 0 Å². The minimum atomic E-state index is 0.738. The maximum absolute atomic E-state index is 5.36. The van der Waals surface area contributed by atoms with Gasteiger partial charge < -0.3 is 4.90 Å². The third kappa shape index (κ3) is 3.85. The molecule has 0 aliphatic carbocycles. The molecule has 1 rings (SSSR count). The summed E-state index contributed by atoms with van der Waals surface area (Å²) in [6.45, 7) is 8.86. The van der Waals surface area contributed by atoms with Crippen molar-refractivity contribution in [2.45, 2.75) is 20.8 Å². The number of anilines is 1. The van der Waals surface area contributed by atoms with Crippen LogP contribution in [0.4, 0.5) is 5.82 Å². The Labute approximate surface area is 109 Å². The Kier molecular flexibility index (Phi) is 5.69. The molecule has 0 saturated heterocycles. The van der Waals surface area contributed by atoms with Gasteiger partial charge in [0.15, 0.2) is 5.11 Å². The highest BCUT2D eigenvalue weighted by molar-refractivity contribution is 7.80. The molecular weight excluding hydrogens is 232 g/mol. The van der Waals surface area contributed by atoms with Gasteiger partial charge in [-0.15, -0.1) is 0 Å². The average molecular weight is 252 g/mol. The fourth-order valence-electron chi connectivity index (χ4n) is 1.51. The average Bonchev–Trinajstić information content (AvgIpc) is 2.38. The van der Waals surface area contributed by atoms with Gasteiger partial charge in [-0.05, 0) is 45.1 Å². The molecule has 0 atom stereocenters. The van der Waals surface area contributed by atoms with Crippen molar-refractivity contribution in [1.82, 2.24) is 15.3 Å². The predicted octanol–water partition coefficient (Wildman–Crippen LogP) is 2.04. The summed E-state index contributed by atoms with van der Waals surface area (Å²) < 4.78 is 0. The fraction of sp³-hybridized carbons (Fsp3) is 0.500. The Bertz CT molecular complexity index is 338. The van der Waals surface area contributed by atoms with Crippen molar-refractivity contribution in [3.05, 3.63) is 24.4 Å². The van der Waals surface area contributed by atoms with E-state index in [4.69, 9.17) is 12.2 Å². The normalized spacial score (nSPS) is 9.82. The van der Waals surface area contributed by atoms with Crippen molar-refractivity contribution in [1.29, 1.82) is 0 Å². The fourth-order valence-corrected chi connectivity index (χ4v) is 1.88. The SMILES string of the molecule is CCN(CC)C(=S)NN(CC)c1ccccn1. The molecule has 1 N–H and O–H groups in total. The molecule has 0 fully saturated rings. The smallest absolute Gasteiger partial charge is 0.188 e. The molecule has 0 saturated carbocycles. The van der Waals surface area contributed by atoms with E-state index in [1.165, 1.54) is 0 Å². The van der Waals surface area contributed by atoms with E-state index in [0.29, 0.717) is 0 Å². The summed E-state index contributed by atoms with van der Waals surface area (Å²) in [6, 6.07) is 5.83. The van der Waals surface area contributed by atoms with Crippen molar-refractivity contribution in [3.63, 3.8) is 0 Å². The number of hydrogen-bond donors (Lipinski definition) is 1. The van der Waals surface area contributed by atoms with Gasteiger partial charge in [-0.25, -0.2) is 4.98 Å². The Morgan fingerprint density at radius 1 is 1.24 bits per heavy atom. The van der Waals surface area contributed by atoms with Crippen LogP contribution in [0.3, 0.4) is 0 Å². The van der Waals surface area contributed by atoms with E-state index in [1.807, 2.05) is 23.2 Å². The van der Waals surface area contributed by atoms with E-state index < -0.39 is 0 Å². The Hall–Kier alpha value is -1.36. The van der Waals surface area contributed by atoms with E-state index in [-0.39, 0.29) is 0 Å². The van der Waals surface area contributed by atoms with E-state index in [2.05, 4.69) is 36.1 Å². The number of nitrogens with one attached hydrogen (secondary N) is 1. The molecule has 1 aromatic rings. The molecule has 1 aromatic heterocycles. The monoisotopic (exact) mass is 252 g/mol.